The molecular weight excluding hydrogens is 749 g/mol. The van der Waals surface area contributed by atoms with Gasteiger partial charge < -0.3 is 9.47 Å². The van der Waals surface area contributed by atoms with Gasteiger partial charge in [0.25, 0.3) is 0 Å². The van der Waals surface area contributed by atoms with Crippen LogP contribution in [-0.2, 0) is 10.8 Å². The van der Waals surface area contributed by atoms with Crippen molar-refractivity contribution >= 4 is 38.9 Å². The van der Waals surface area contributed by atoms with Crippen molar-refractivity contribution in [2.24, 2.45) is 23.7 Å². The molecule has 4 aliphatic rings. The molecule has 1 heterocycles. The molecule has 6 atom stereocenters. The van der Waals surface area contributed by atoms with Crippen LogP contribution in [0.5, 0.6) is 0 Å². The maximum atomic E-state index is 2.64. The number of para-hydroxylation sites is 3. The zero-order valence-electron chi connectivity index (χ0n) is 35.2. The van der Waals surface area contributed by atoms with Crippen LogP contribution in [0.3, 0.4) is 0 Å². The first kappa shape index (κ1) is 36.1. The molecule has 0 N–H and O–H groups in total. The van der Waals surface area contributed by atoms with E-state index in [0.717, 1.165) is 23.0 Å². The normalized spacial score (nSPS) is 24.0. The summed E-state index contributed by atoms with van der Waals surface area (Å²) < 4.78 is 2.42. The molecule has 300 valence electrons. The first-order valence-electron chi connectivity index (χ1n) is 22.9. The Kier molecular flexibility index (Phi) is 7.96. The van der Waals surface area contributed by atoms with Crippen molar-refractivity contribution < 1.29 is 0 Å². The summed E-state index contributed by atoms with van der Waals surface area (Å²) >= 11 is 0. The molecule has 0 saturated heterocycles. The maximum Gasteiger partial charge on any atom is 0.0707 e. The van der Waals surface area contributed by atoms with Gasteiger partial charge in [-0.2, -0.15) is 0 Å². The smallest absolute Gasteiger partial charge is 0.0707 e. The van der Waals surface area contributed by atoms with Crippen molar-refractivity contribution in [2.45, 2.75) is 49.4 Å². The molecule has 2 bridgehead atoms. The number of hydrogen-bond acceptors (Lipinski definition) is 1. The Labute approximate surface area is 365 Å². The van der Waals surface area contributed by atoms with Crippen LogP contribution in [0.15, 0.2) is 206 Å². The van der Waals surface area contributed by atoms with Crippen molar-refractivity contribution in [3.8, 4) is 5.69 Å². The molecular formula is C60H50N2. The van der Waals surface area contributed by atoms with Gasteiger partial charge in [-0.25, -0.2) is 0 Å². The van der Waals surface area contributed by atoms with Gasteiger partial charge in [-0.3, -0.25) is 0 Å². The molecule has 3 saturated carbocycles. The fraction of sp³-hybridized carbons (Fsp3) is 0.200. The Hall–Kier alpha value is -6.64. The highest BCUT2D eigenvalue weighted by Crippen LogP contribution is 2.76. The highest BCUT2D eigenvalue weighted by molar-refractivity contribution is 6.09. The van der Waals surface area contributed by atoms with Gasteiger partial charge in [0.1, 0.15) is 0 Å². The number of rotatable bonds is 6. The second kappa shape index (κ2) is 13.7. The third-order valence-electron chi connectivity index (χ3n) is 16.1. The van der Waals surface area contributed by atoms with Crippen molar-refractivity contribution in [1.29, 1.82) is 0 Å². The molecule has 62 heavy (non-hydrogen) atoms. The number of aromatic nitrogens is 1. The van der Waals surface area contributed by atoms with Crippen molar-refractivity contribution in [3.63, 3.8) is 0 Å². The SMILES string of the molecule is CC1C[C@@H]2CC3C[C@H](C1)C21c2ccc(N(c4ccccc4)c4ccc(-n5c6ccccc6c6ccccc65)cc4)cc2C(c2ccccc2)(c2ccccc2)c2ccccc2C31. The fourth-order valence-electron chi connectivity index (χ4n) is 14.2. The van der Waals surface area contributed by atoms with Crippen LogP contribution in [0.4, 0.5) is 17.1 Å². The molecule has 2 heteroatoms. The lowest BCUT2D eigenvalue weighted by molar-refractivity contribution is 0.0823. The molecule has 8 aromatic carbocycles. The molecule has 0 radical (unpaired) electrons. The Morgan fingerprint density at radius 2 is 0.968 bits per heavy atom. The second-order valence-electron chi connectivity index (χ2n) is 19.0. The van der Waals surface area contributed by atoms with E-state index in [1.807, 2.05) is 0 Å². The molecule has 0 aliphatic heterocycles. The topological polar surface area (TPSA) is 8.17 Å². The Bertz CT molecular complexity index is 3020. The lowest BCUT2D eigenvalue weighted by Crippen LogP contribution is -2.46. The predicted molar refractivity (Wildman–Crippen MR) is 256 cm³/mol. The lowest BCUT2D eigenvalue weighted by Gasteiger charge is -2.51. The van der Waals surface area contributed by atoms with Crippen LogP contribution >= 0.6 is 0 Å². The molecule has 13 rings (SSSR count). The Morgan fingerprint density at radius 3 is 1.60 bits per heavy atom. The van der Waals surface area contributed by atoms with Gasteiger partial charge in [0.2, 0.25) is 0 Å². The van der Waals surface area contributed by atoms with Gasteiger partial charge in [0.15, 0.2) is 0 Å². The summed E-state index contributed by atoms with van der Waals surface area (Å²) in [4.78, 5) is 2.50. The fourth-order valence-corrected chi connectivity index (χ4v) is 14.2. The van der Waals surface area contributed by atoms with Gasteiger partial charge in [0.05, 0.1) is 16.4 Å². The largest absolute Gasteiger partial charge is 0.310 e. The molecule has 1 spiro atoms. The van der Waals surface area contributed by atoms with Crippen LogP contribution in [0, 0.1) is 23.7 Å². The van der Waals surface area contributed by atoms with E-state index in [1.54, 1.807) is 11.1 Å². The average Bonchev–Trinajstić information content (AvgIpc) is 3.93. The maximum absolute atomic E-state index is 2.64. The van der Waals surface area contributed by atoms with E-state index in [9.17, 15) is 0 Å². The van der Waals surface area contributed by atoms with Crippen molar-refractivity contribution in [2.75, 3.05) is 4.90 Å². The van der Waals surface area contributed by atoms with Crippen LogP contribution in [-0.4, -0.2) is 4.57 Å². The molecule has 0 amide bonds. The Morgan fingerprint density at radius 1 is 0.452 bits per heavy atom. The summed E-state index contributed by atoms with van der Waals surface area (Å²) in [5.74, 6) is 3.35. The first-order valence-corrected chi connectivity index (χ1v) is 22.9. The van der Waals surface area contributed by atoms with Gasteiger partial charge in [0, 0.05) is 38.9 Å². The number of benzene rings is 8. The monoisotopic (exact) mass is 798 g/mol. The van der Waals surface area contributed by atoms with Gasteiger partial charge in [-0.05, 0) is 149 Å². The first-order chi connectivity index (χ1) is 30.7. The van der Waals surface area contributed by atoms with Crippen LogP contribution in [0.2, 0.25) is 0 Å². The standard InChI is InChI=1S/C60H50N2/c1-40-35-44-37-41-38-45(36-40)60(44)54-34-33-49(39-55(54)59(42-17-5-2-6-18-42,43-19-7-3-8-20-43)53-26-14-11-25-52(53)58(41)60)61(46-21-9-4-10-22-46)47-29-31-48(32-30-47)62-56-27-15-12-23-50(56)51-24-13-16-28-57(51)62/h2-34,39-41,44-45,58H,35-38H2,1H3/t40?,41?,44-,45+,58?,60?. The zero-order chi connectivity index (χ0) is 41.0. The third kappa shape index (κ3) is 4.87. The Balaban J connectivity index is 1.08. The van der Waals surface area contributed by atoms with E-state index in [4.69, 9.17) is 0 Å². The van der Waals surface area contributed by atoms with Crippen LogP contribution < -0.4 is 4.90 Å². The minimum absolute atomic E-state index is 0.105. The minimum atomic E-state index is -0.521. The summed E-state index contributed by atoms with van der Waals surface area (Å²) in [5, 5.41) is 2.56. The lowest BCUT2D eigenvalue weighted by atomic mass is 9.53. The molecule has 4 aliphatic carbocycles. The summed E-state index contributed by atoms with van der Waals surface area (Å²) in [6, 6.07) is 78.3. The van der Waals surface area contributed by atoms with E-state index < -0.39 is 5.41 Å². The highest BCUT2D eigenvalue weighted by atomic mass is 15.1. The number of fused-ring (bicyclic) bond motifs is 5. The minimum Gasteiger partial charge on any atom is -0.310 e. The van der Waals surface area contributed by atoms with Crippen LogP contribution in [0.1, 0.15) is 71.9 Å². The summed E-state index contributed by atoms with van der Waals surface area (Å²) in [6.07, 6.45) is 5.34. The molecule has 9 aromatic rings. The van der Waals surface area contributed by atoms with Gasteiger partial charge in [-0.15, -0.1) is 0 Å². The van der Waals surface area contributed by atoms with Crippen LogP contribution in [0.25, 0.3) is 27.5 Å². The number of hydrogen-bond donors (Lipinski definition) is 0. The summed E-state index contributed by atoms with van der Waals surface area (Å²) in [6.45, 7) is 2.53. The molecule has 4 unspecified atom stereocenters. The predicted octanol–water partition coefficient (Wildman–Crippen LogP) is 15.1. The summed E-state index contributed by atoms with van der Waals surface area (Å²) in [5.41, 5.74) is 15.5. The zero-order valence-corrected chi connectivity index (χ0v) is 35.2. The summed E-state index contributed by atoms with van der Waals surface area (Å²) in [7, 11) is 0. The van der Waals surface area contributed by atoms with Crippen molar-refractivity contribution in [3.05, 3.63) is 240 Å². The number of anilines is 3. The van der Waals surface area contributed by atoms with Gasteiger partial charge >= 0.3 is 0 Å². The quantitative estimate of drug-likeness (QED) is 0.163. The number of nitrogens with zero attached hydrogens (tertiary/aromatic N) is 2. The molecule has 3 fully saturated rings. The van der Waals surface area contributed by atoms with E-state index >= 15 is 0 Å². The highest BCUT2D eigenvalue weighted by Gasteiger charge is 2.69. The third-order valence-corrected chi connectivity index (χ3v) is 16.1. The van der Waals surface area contributed by atoms with E-state index in [1.165, 1.54) is 75.4 Å². The molecule has 2 nitrogen and oxygen atoms in total. The van der Waals surface area contributed by atoms with Gasteiger partial charge in [-0.1, -0.05) is 153 Å². The van der Waals surface area contributed by atoms with E-state index in [-0.39, 0.29) is 5.41 Å². The van der Waals surface area contributed by atoms with E-state index in [0.29, 0.717) is 23.7 Å². The van der Waals surface area contributed by atoms with E-state index in [2.05, 4.69) is 223 Å². The second-order valence-corrected chi connectivity index (χ2v) is 19.0. The van der Waals surface area contributed by atoms with Crippen molar-refractivity contribution in [1.82, 2.24) is 4.57 Å². The molecule has 1 aromatic heterocycles. The average molecular weight is 799 g/mol.